The molecule has 1 N–H and O–H groups in total. The van der Waals surface area contributed by atoms with E-state index in [0.29, 0.717) is 17.7 Å². The molecule has 1 aromatic carbocycles. The molecular weight excluding hydrogens is 166 g/mol. The summed E-state index contributed by atoms with van der Waals surface area (Å²) in [4.78, 5) is 11.3. The number of carbonyl (C=O) groups excluding carboxylic acids is 1. The Hall–Kier alpha value is -1.35. The summed E-state index contributed by atoms with van der Waals surface area (Å²) in [5.74, 6) is -0.342. The van der Waals surface area contributed by atoms with E-state index < -0.39 is 0 Å². The van der Waals surface area contributed by atoms with Crippen LogP contribution in [0, 0.1) is 0 Å². The molecule has 1 radical (unpaired) electrons. The van der Waals surface area contributed by atoms with Crippen molar-refractivity contribution in [3.8, 4) is 0 Å². The minimum absolute atomic E-state index is 0.106. The SMILES string of the molecule is CCOC(=O)c1ccccc1C[NH]. The number of ether oxygens (including phenoxy) is 1. The van der Waals surface area contributed by atoms with E-state index in [9.17, 15) is 4.79 Å². The van der Waals surface area contributed by atoms with Gasteiger partial charge < -0.3 is 4.74 Å². The Balaban J connectivity index is 2.92. The maximum Gasteiger partial charge on any atom is 0.338 e. The van der Waals surface area contributed by atoms with Gasteiger partial charge in [-0.3, -0.25) is 5.73 Å². The maximum atomic E-state index is 11.3. The molecule has 13 heavy (non-hydrogen) atoms. The largest absolute Gasteiger partial charge is 0.462 e. The lowest BCUT2D eigenvalue weighted by Crippen LogP contribution is -2.08. The highest BCUT2D eigenvalue weighted by Gasteiger charge is 2.09. The summed E-state index contributed by atoms with van der Waals surface area (Å²) < 4.78 is 4.85. The van der Waals surface area contributed by atoms with E-state index in [0.717, 1.165) is 0 Å². The summed E-state index contributed by atoms with van der Waals surface area (Å²) in [5, 5.41) is 0. The third-order valence-electron chi connectivity index (χ3n) is 1.70. The van der Waals surface area contributed by atoms with Gasteiger partial charge in [-0.1, -0.05) is 18.2 Å². The van der Waals surface area contributed by atoms with E-state index >= 15 is 0 Å². The first-order valence-corrected chi connectivity index (χ1v) is 4.19. The molecule has 0 bridgehead atoms. The van der Waals surface area contributed by atoms with Crippen LogP contribution in [-0.2, 0) is 11.3 Å². The highest BCUT2D eigenvalue weighted by Crippen LogP contribution is 2.09. The van der Waals surface area contributed by atoms with Gasteiger partial charge in [-0.15, -0.1) is 0 Å². The summed E-state index contributed by atoms with van der Waals surface area (Å²) in [7, 11) is 0. The Kier molecular flexibility index (Phi) is 3.46. The van der Waals surface area contributed by atoms with Crippen LogP contribution in [0.25, 0.3) is 0 Å². The third kappa shape index (κ3) is 2.29. The number of carbonyl (C=O) groups is 1. The topological polar surface area (TPSA) is 50.1 Å². The van der Waals surface area contributed by atoms with Crippen molar-refractivity contribution in [2.75, 3.05) is 6.61 Å². The van der Waals surface area contributed by atoms with Crippen LogP contribution in [0.4, 0.5) is 0 Å². The number of nitrogens with one attached hydrogen (secondary N) is 1. The molecule has 3 nitrogen and oxygen atoms in total. The van der Waals surface area contributed by atoms with Gasteiger partial charge in [0.25, 0.3) is 0 Å². The van der Waals surface area contributed by atoms with Crippen molar-refractivity contribution in [3.05, 3.63) is 35.4 Å². The van der Waals surface area contributed by atoms with Gasteiger partial charge in [0.15, 0.2) is 0 Å². The molecule has 0 aliphatic rings. The van der Waals surface area contributed by atoms with Crippen LogP contribution in [0.5, 0.6) is 0 Å². The van der Waals surface area contributed by atoms with Gasteiger partial charge in [0.1, 0.15) is 0 Å². The normalized spacial score (nSPS) is 9.69. The molecule has 0 saturated carbocycles. The fraction of sp³-hybridized carbons (Fsp3) is 0.300. The standard InChI is InChI=1S/C10H12NO2/c1-2-13-10(12)9-6-4-3-5-8(9)7-11/h3-6,11H,2,7H2,1H3. The molecule has 0 atom stereocenters. The Labute approximate surface area is 77.5 Å². The summed E-state index contributed by atoms with van der Waals surface area (Å²) in [6.07, 6.45) is 0. The van der Waals surface area contributed by atoms with Crippen LogP contribution >= 0.6 is 0 Å². The van der Waals surface area contributed by atoms with Crippen LogP contribution in [0.15, 0.2) is 24.3 Å². The lowest BCUT2D eigenvalue weighted by Gasteiger charge is -2.05. The molecule has 1 aromatic rings. The minimum Gasteiger partial charge on any atom is -0.462 e. The van der Waals surface area contributed by atoms with Crippen LogP contribution in [-0.4, -0.2) is 12.6 Å². The van der Waals surface area contributed by atoms with Gasteiger partial charge in [-0.25, -0.2) is 4.79 Å². The first-order valence-electron chi connectivity index (χ1n) is 4.19. The first kappa shape index (κ1) is 9.74. The van der Waals surface area contributed by atoms with Crippen molar-refractivity contribution in [2.24, 2.45) is 0 Å². The number of hydrogen-bond acceptors (Lipinski definition) is 2. The zero-order chi connectivity index (χ0) is 9.68. The van der Waals surface area contributed by atoms with Crippen molar-refractivity contribution in [3.63, 3.8) is 0 Å². The van der Waals surface area contributed by atoms with E-state index in [2.05, 4.69) is 0 Å². The number of rotatable bonds is 3. The first-order chi connectivity index (χ1) is 6.29. The monoisotopic (exact) mass is 178 g/mol. The van der Waals surface area contributed by atoms with Gasteiger partial charge >= 0.3 is 5.97 Å². The number of benzene rings is 1. The Morgan fingerprint density at radius 2 is 2.15 bits per heavy atom. The number of hydrogen-bond donors (Lipinski definition) is 0. The van der Waals surface area contributed by atoms with E-state index in [1.165, 1.54) is 0 Å². The predicted molar refractivity (Wildman–Crippen MR) is 49.2 cm³/mol. The van der Waals surface area contributed by atoms with Gasteiger partial charge in [0.2, 0.25) is 0 Å². The molecule has 0 unspecified atom stereocenters. The zero-order valence-electron chi connectivity index (χ0n) is 7.54. The molecule has 0 spiro atoms. The lowest BCUT2D eigenvalue weighted by molar-refractivity contribution is 0.0525. The lowest BCUT2D eigenvalue weighted by atomic mass is 10.1. The highest BCUT2D eigenvalue weighted by molar-refractivity contribution is 5.91. The Bertz CT molecular complexity index is 297. The molecule has 0 aromatic heterocycles. The molecule has 0 saturated heterocycles. The van der Waals surface area contributed by atoms with Crippen molar-refractivity contribution in [2.45, 2.75) is 13.5 Å². The molecule has 69 valence electrons. The molecule has 0 fully saturated rings. The Morgan fingerprint density at radius 1 is 1.46 bits per heavy atom. The van der Waals surface area contributed by atoms with Crippen LogP contribution < -0.4 is 5.73 Å². The summed E-state index contributed by atoms with van der Waals surface area (Å²) >= 11 is 0. The molecule has 0 aliphatic heterocycles. The van der Waals surface area contributed by atoms with Crippen molar-refractivity contribution >= 4 is 5.97 Å². The minimum atomic E-state index is -0.342. The second-order valence-electron chi connectivity index (χ2n) is 2.55. The predicted octanol–water partition coefficient (Wildman–Crippen LogP) is 1.65. The van der Waals surface area contributed by atoms with E-state index in [1.807, 2.05) is 6.07 Å². The zero-order valence-corrected chi connectivity index (χ0v) is 7.54. The summed E-state index contributed by atoms with van der Waals surface area (Å²) in [5.41, 5.74) is 8.41. The van der Waals surface area contributed by atoms with E-state index in [1.54, 1.807) is 25.1 Å². The molecular formula is C10H12NO2. The molecule has 1 rings (SSSR count). The molecule has 3 heteroatoms. The average molecular weight is 178 g/mol. The quantitative estimate of drug-likeness (QED) is 0.661. The van der Waals surface area contributed by atoms with Crippen molar-refractivity contribution in [1.82, 2.24) is 5.73 Å². The molecule has 0 heterocycles. The smallest absolute Gasteiger partial charge is 0.338 e. The Morgan fingerprint density at radius 3 is 2.77 bits per heavy atom. The maximum absolute atomic E-state index is 11.3. The highest BCUT2D eigenvalue weighted by atomic mass is 16.5. The van der Waals surface area contributed by atoms with Gasteiger partial charge in [-0.2, -0.15) is 0 Å². The van der Waals surface area contributed by atoms with Crippen LogP contribution in [0.1, 0.15) is 22.8 Å². The van der Waals surface area contributed by atoms with E-state index in [4.69, 9.17) is 10.5 Å². The molecule has 0 aliphatic carbocycles. The fourth-order valence-electron chi connectivity index (χ4n) is 1.08. The second kappa shape index (κ2) is 4.62. The van der Waals surface area contributed by atoms with Crippen molar-refractivity contribution in [1.29, 1.82) is 0 Å². The fourth-order valence-corrected chi connectivity index (χ4v) is 1.08. The summed E-state index contributed by atoms with van der Waals surface area (Å²) in [6, 6.07) is 7.03. The van der Waals surface area contributed by atoms with Gasteiger partial charge in [0, 0.05) is 6.54 Å². The molecule has 0 amide bonds. The van der Waals surface area contributed by atoms with Crippen molar-refractivity contribution < 1.29 is 9.53 Å². The van der Waals surface area contributed by atoms with Crippen LogP contribution in [0.2, 0.25) is 0 Å². The number of esters is 1. The van der Waals surface area contributed by atoms with Gasteiger partial charge in [-0.05, 0) is 18.6 Å². The van der Waals surface area contributed by atoms with Crippen LogP contribution in [0.3, 0.4) is 0 Å². The van der Waals surface area contributed by atoms with Gasteiger partial charge in [0.05, 0.1) is 12.2 Å². The average Bonchev–Trinajstić information content (AvgIpc) is 2.18. The summed E-state index contributed by atoms with van der Waals surface area (Å²) in [6.45, 7) is 2.24. The third-order valence-corrected chi connectivity index (χ3v) is 1.70. The van der Waals surface area contributed by atoms with E-state index in [-0.39, 0.29) is 12.5 Å². The second-order valence-corrected chi connectivity index (χ2v) is 2.55.